The Balaban J connectivity index is 1.59. The van der Waals surface area contributed by atoms with Gasteiger partial charge in [0, 0.05) is 19.3 Å². The van der Waals surface area contributed by atoms with Crippen LogP contribution in [0.3, 0.4) is 0 Å². The van der Waals surface area contributed by atoms with Crippen molar-refractivity contribution in [2.24, 2.45) is 5.92 Å². The number of likely N-dealkylation sites (tertiary alicyclic amines) is 1. The quantitative estimate of drug-likeness (QED) is 0.335. The van der Waals surface area contributed by atoms with Crippen LogP contribution in [0.5, 0.6) is 0 Å². The number of amides is 1. The monoisotopic (exact) mass is 499 g/mol. The first-order valence-electron chi connectivity index (χ1n) is 12.5. The number of rotatable bonds is 5. The van der Waals surface area contributed by atoms with Gasteiger partial charge >= 0.3 is 5.97 Å². The van der Waals surface area contributed by atoms with Crippen molar-refractivity contribution >= 4 is 28.6 Å². The number of fused-ring (bicyclic) bond motifs is 2. The molecule has 1 fully saturated rings. The number of carbonyl (C=O) groups is 2. The second-order valence-electron chi connectivity index (χ2n) is 9.38. The van der Waals surface area contributed by atoms with E-state index in [1.54, 1.807) is 40.8 Å². The SMILES string of the molecule is CCOC(=O)C1CCN(C(=O)c2cc3c(=O)n4ccccc4nc3n(Cc3ccc(C)cc3)c2=N)CC1. The molecule has 37 heavy (non-hydrogen) atoms. The van der Waals surface area contributed by atoms with E-state index in [0.29, 0.717) is 43.8 Å². The van der Waals surface area contributed by atoms with Crippen molar-refractivity contribution < 1.29 is 14.3 Å². The molecule has 5 rings (SSSR count). The van der Waals surface area contributed by atoms with Gasteiger partial charge in [-0.15, -0.1) is 0 Å². The standard InChI is InChI=1S/C28H29N5O4/c1-3-37-28(36)20-11-14-31(15-12-20)26(34)21-16-22-25(30-23-6-4-5-13-32(23)27(22)35)33(24(21)29)17-19-9-7-18(2)8-10-19/h4-10,13,16,20,29H,3,11-12,14-15,17H2,1-2H3. The van der Waals surface area contributed by atoms with Crippen LogP contribution < -0.4 is 11.0 Å². The van der Waals surface area contributed by atoms with Gasteiger partial charge in [0.2, 0.25) is 0 Å². The van der Waals surface area contributed by atoms with Gasteiger partial charge in [0.25, 0.3) is 11.5 Å². The first-order valence-corrected chi connectivity index (χ1v) is 12.5. The molecule has 1 aliphatic heterocycles. The third-order valence-corrected chi connectivity index (χ3v) is 6.91. The van der Waals surface area contributed by atoms with Gasteiger partial charge in [0.1, 0.15) is 16.8 Å². The lowest BCUT2D eigenvalue weighted by molar-refractivity contribution is -0.149. The van der Waals surface area contributed by atoms with Gasteiger partial charge in [-0.2, -0.15) is 0 Å². The van der Waals surface area contributed by atoms with Gasteiger partial charge in [-0.25, -0.2) is 4.98 Å². The van der Waals surface area contributed by atoms with E-state index in [1.165, 1.54) is 10.5 Å². The van der Waals surface area contributed by atoms with Crippen LogP contribution in [0.2, 0.25) is 0 Å². The van der Waals surface area contributed by atoms with E-state index in [2.05, 4.69) is 0 Å². The summed E-state index contributed by atoms with van der Waals surface area (Å²) >= 11 is 0. The van der Waals surface area contributed by atoms with Gasteiger partial charge < -0.3 is 14.2 Å². The Morgan fingerprint density at radius 3 is 2.54 bits per heavy atom. The van der Waals surface area contributed by atoms with Crippen molar-refractivity contribution in [3.63, 3.8) is 0 Å². The summed E-state index contributed by atoms with van der Waals surface area (Å²) in [5.41, 5.74) is 2.72. The average Bonchev–Trinajstić information content (AvgIpc) is 2.91. The fraction of sp³-hybridized carbons (Fsp3) is 0.321. The molecule has 0 bridgehead atoms. The van der Waals surface area contributed by atoms with Crippen molar-refractivity contribution in [3.8, 4) is 0 Å². The molecule has 4 aromatic rings. The number of piperidine rings is 1. The van der Waals surface area contributed by atoms with E-state index < -0.39 is 0 Å². The minimum Gasteiger partial charge on any atom is -0.466 e. The first kappa shape index (κ1) is 24.4. The highest BCUT2D eigenvalue weighted by Gasteiger charge is 2.30. The van der Waals surface area contributed by atoms with Crippen molar-refractivity contribution in [2.45, 2.75) is 33.2 Å². The predicted molar refractivity (Wildman–Crippen MR) is 138 cm³/mol. The summed E-state index contributed by atoms with van der Waals surface area (Å²) in [4.78, 5) is 45.6. The van der Waals surface area contributed by atoms with E-state index in [0.717, 1.165) is 11.1 Å². The molecule has 9 heteroatoms. The number of aryl methyl sites for hydroxylation is 1. The summed E-state index contributed by atoms with van der Waals surface area (Å²) in [6, 6.07) is 14.7. The first-order chi connectivity index (χ1) is 17.9. The van der Waals surface area contributed by atoms with E-state index >= 15 is 0 Å². The Morgan fingerprint density at radius 1 is 1.11 bits per heavy atom. The number of esters is 1. The highest BCUT2D eigenvalue weighted by molar-refractivity contribution is 5.97. The van der Waals surface area contributed by atoms with Gasteiger partial charge in [-0.1, -0.05) is 35.9 Å². The molecule has 1 saturated heterocycles. The van der Waals surface area contributed by atoms with Crippen LogP contribution in [0.4, 0.5) is 0 Å². The molecule has 0 aliphatic carbocycles. The summed E-state index contributed by atoms with van der Waals surface area (Å²) in [7, 11) is 0. The lowest BCUT2D eigenvalue weighted by atomic mass is 9.96. The van der Waals surface area contributed by atoms with Crippen LogP contribution in [-0.2, 0) is 16.1 Å². The molecular weight excluding hydrogens is 470 g/mol. The molecule has 3 aromatic heterocycles. The third-order valence-electron chi connectivity index (χ3n) is 6.91. The maximum Gasteiger partial charge on any atom is 0.309 e. The maximum absolute atomic E-state index is 13.6. The molecule has 0 unspecified atom stereocenters. The molecule has 0 radical (unpaired) electrons. The molecule has 9 nitrogen and oxygen atoms in total. The summed E-state index contributed by atoms with van der Waals surface area (Å²) in [6.45, 7) is 5.16. The second-order valence-corrected chi connectivity index (χ2v) is 9.38. The van der Waals surface area contributed by atoms with Gasteiger partial charge in [0.05, 0.1) is 30.0 Å². The molecule has 1 amide bonds. The molecule has 1 N–H and O–H groups in total. The van der Waals surface area contributed by atoms with Gasteiger partial charge in [-0.3, -0.25) is 24.2 Å². The number of nitrogens with one attached hydrogen (secondary N) is 1. The highest BCUT2D eigenvalue weighted by atomic mass is 16.5. The fourth-order valence-electron chi connectivity index (χ4n) is 4.83. The fourth-order valence-corrected chi connectivity index (χ4v) is 4.83. The number of ether oxygens (including phenoxy) is 1. The molecule has 0 spiro atoms. The largest absolute Gasteiger partial charge is 0.466 e. The Morgan fingerprint density at radius 2 is 1.84 bits per heavy atom. The summed E-state index contributed by atoms with van der Waals surface area (Å²) in [5, 5.41) is 9.28. The normalized spacial score (nSPS) is 14.3. The van der Waals surface area contributed by atoms with Crippen LogP contribution in [0, 0.1) is 18.3 Å². The van der Waals surface area contributed by atoms with Crippen molar-refractivity contribution in [3.05, 3.63) is 87.3 Å². The Kier molecular flexibility index (Phi) is 6.60. The zero-order valence-electron chi connectivity index (χ0n) is 20.9. The van der Waals surface area contributed by atoms with Crippen molar-refractivity contribution in [1.82, 2.24) is 18.9 Å². The number of benzene rings is 1. The number of aromatic nitrogens is 3. The van der Waals surface area contributed by atoms with Crippen LogP contribution in [0.1, 0.15) is 41.3 Å². The Bertz CT molecular complexity index is 1610. The smallest absolute Gasteiger partial charge is 0.309 e. The highest BCUT2D eigenvalue weighted by Crippen LogP contribution is 2.21. The third kappa shape index (κ3) is 4.64. The van der Waals surface area contributed by atoms with Crippen LogP contribution >= 0.6 is 0 Å². The van der Waals surface area contributed by atoms with Crippen molar-refractivity contribution in [2.75, 3.05) is 19.7 Å². The van der Waals surface area contributed by atoms with E-state index in [9.17, 15) is 14.4 Å². The molecular formula is C28H29N5O4. The minimum absolute atomic E-state index is 0.00206. The van der Waals surface area contributed by atoms with Crippen molar-refractivity contribution in [1.29, 1.82) is 5.41 Å². The topological polar surface area (TPSA) is 110 Å². The molecule has 0 atom stereocenters. The lowest BCUT2D eigenvalue weighted by Crippen LogP contribution is -2.43. The Hall–Kier alpha value is -4.27. The summed E-state index contributed by atoms with van der Waals surface area (Å²) < 4.78 is 8.21. The second kappa shape index (κ2) is 10.0. The summed E-state index contributed by atoms with van der Waals surface area (Å²) in [5.74, 6) is -0.796. The predicted octanol–water partition coefficient (Wildman–Crippen LogP) is 2.90. The number of hydrogen-bond acceptors (Lipinski definition) is 6. The summed E-state index contributed by atoms with van der Waals surface area (Å²) in [6.07, 6.45) is 2.65. The number of pyridine rings is 2. The van der Waals surface area contributed by atoms with Gasteiger partial charge in [0.15, 0.2) is 0 Å². The minimum atomic E-state index is -0.329. The Labute approximate surface area is 213 Å². The maximum atomic E-state index is 13.6. The van der Waals surface area contributed by atoms with Crippen LogP contribution in [-0.4, -0.2) is 50.4 Å². The molecule has 1 aromatic carbocycles. The lowest BCUT2D eigenvalue weighted by Gasteiger charge is -2.31. The number of hydrogen-bond donors (Lipinski definition) is 1. The van der Waals surface area contributed by atoms with Gasteiger partial charge in [-0.05, 0) is 50.5 Å². The van der Waals surface area contributed by atoms with E-state index in [-0.39, 0.29) is 46.3 Å². The van der Waals surface area contributed by atoms with Crippen LogP contribution in [0.25, 0.3) is 16.7 Å². The molecule has 1 aliphatic rings. The molecule has 0 saturated carbocycles. The average molecular weight is 500 g/mol. The van der Waals surface area contributed by atoms with E-state index in [1.807, 2.05) is 31.2 Å². The number of carbonyl (C=O) groups excluding carboxylic acids is 2. The molecule has 4 heterocycles. The zero-order valence-corrected chi connectivity index (χ0v) is 20.9. The zero-order chi connectivity index (χ0) is 26.1. The van der Waals surface area contributed by atoms with Crippen LogP contribution in [0.15, 0.2) is 59.5 Å². The molecule has 190 valence electrons. The number of nitrogens with zero attached hydrogens (tertiary/aromatic N) is 4. The van der Waals surface area contributed by atoms with E-state index in [4.69, 9.17) is 15.1 Å².